The summed E-state index contributed by atoms with van der Waals surface area (Å²) in [5.41, 5.74) is -12.3. The summed E-state index contributed by atoms with van der Waals surface area (Å²) >= 11 is 0.582. The Morgan fingerprint density at radius 3 is 1.23 bits per heavy atom. The standard InChI is InChI=1S/C17H24F14NOS.ClH/c1-32(2,3)8-11(33)9-34-5-4-10(6-12(18,14(20,21)22)15(23,24)25)7-13(19,16(26,27)28)17(29,30)31;/h10-11,33H,4-9H2,1-3H3;1H/q+1;/p-1. The van der Waals surface area contributed by atoms with E-state index < -0.39 is 73.1 Å². The fraction of sp³-hybridized carbons (Fsp3) is 1.00. The van der Waals surface area contributed by atoms with Crippen LogP contribution >= 0.6 is 11.8 Å². The Morgan fingerprint density at radius 2 is 0.971 bits per heavy atom. The van der Waals surface area contributed by atoms with E-state index in [2.05, 4.69) is 0 Å². The van der Waals surface area contributed by atoms with E-state index in [1.54, 1.807) is 21.1 Å². The topological polar surface area (TPSA) is 20.2 Å². The maximum absolute atomic E-state index is 14.1. The van der Waals surface area contributed by atoms with Crippen LogP contribution in [-0.2, 0) is 0 Å². The zero-order valence-corrected chi connectivity index (χ0v) is 19.9. The summed E-state index contributed by atoms with van der Waals surface area (Å²) < 4.78 is 182. The first-order valence-electron chi connectivity index (χ1n) is 9.39. The Labute approximate surface area is 202 Å². The highest BCUT2D eigenvalue weighted by Crippen LogP contribution is 2.54. The van der Waals surface area contributed by atoms with Crippen molar-refractivity contribution in [1.82, 2.24) is 0 Å². The van der Waals surface area contributed by atoms with Crippen molar-refractivity contribution in [3.63, 3.8) is 0 Å². The molecule has 0 aliphatic heterocycles. The largest absolute Gasteiger partial charge is 1.00 e. The number of halogens is 15. The van der Waals surface area contributed by atoms with Crippen molar-refractivity contribution >= 4 is 11.8 Å². The minimum absolute atomic E-state index is 0. The van der Waals surface area contributed by atoms with Gasteiger partial charge < -0.3 is 22.0 Å². The van der Waals surface area contributed by atoms with Gasteiger partial charge in [0.05, 0.1) is 21.1 Å². The van der Waals surface area contributed by atoms with Crippen LogP contribution in [0.5, 0.6) is 0 Å². The molecule has 0 heterocycles. The molecule has 35 heavy (non-hydrogen) atoms. The van der Waals surface area contributed by atoms with Crippen molar-refractivity contribution in [2.24, 2.45) is 5.92 Å². The van der Waals surface area contributed by atoms with Crippen LogP contribution in [0.15, 0.2) is 0 Å². The fourth-order valence-corrected chi connectivity index (χ4v) is 4.05. The average Bonchev–Trinajstić information content (AvgIpc) is 2.52. The molecule has 0 radical (unpaired) electrons. The molecule has 18 heteroatoms. The predicted molar refractivity (Wildman–Crippen MR) is 95.5 cm³/mol. The normalized spacial score (nSPS) is 15.9. The molecule has 0 saturated carbocycles. The molecular weight excluding hydrogens is 568 g/mol. The van der Waals surface area contributed by atoms with Crippen molar-refractivity contribution in [2.75, 3.05) is 39.2 Å². The van der Waals surface area contributed by atoms with Crippen molar-refractivity contribution in [3.8, 4) is 0 Å². The van der Waals surface area contributed by atoms with Gasteiger partial charge in [-0.05, 0) is 18.1 Å². The molecule has 0 aromatic rings. The Balaban J connectivity index is 0. The van der Waals surface area contributed by atoms with E-state index >= 15 is 0 Å². The van der Waals surface area contributed by atoms with Gasteiger partial charge in [0, 0.05) is 18.6 Å². The first-order chi connectivity index (χ1) is 14.7. The van der Waals surface area contributed by atoms with Crippen LogP contribution in [-0.4, -0.2) is 90.9 Å². The van der Waals surface area contributed by atoms with Gasteiger partial charge in [0.1, 0.15) is 12.6 Å². The maximum Gasteiger partial charge on any atom is 0.431 e. The van der Waals surface area contributed by atoms with Gasteiger partial charge >= 0.3 is 24.7 Å². The molecule has 0 bridgehead atoms. The van der Waals surface area contributed by atoms with Crippen LogP contribution in [0.25, 0.3) is 0 Å². The molecule has 0 aliphatic carbocycles. The van der Waals surface area contributed by atoms with Gasteiger partial charge in [-0.1, -0.05) is 0 Å². The number of aliphatic hydroxyl groups excluding tert-OH is 1. The molecule has 1 N–H and O–H groups in total. The summed E-state index contributed by atoms with van der Waals surface area (Å²) in [5, 5.41) is 9.80. The third kappa shape index (κ3) is 10.1. The van der Waals surface area contributed by atoms with E-state index in [1.165, 1.54) is 0 Å². The van der Waals surface area contributed by atoms with Gasteiger partial charge in [-0.15, -0.1) is 0 Å². The van der Waals surface area contributed by atoms with E-state index in [0.29, 0.717) is 11.8 Å². The van der Waals surface area contributed by atoms with Gasteiger partial charge in [-0.2, -0.15) is 64.4 Å². The quantitative estimate of drug-likeness (QED) is 0.226. The highest BCUT2D eigenvalue weighted by atomic mass is 35.5. The molecule has 0 saturated heterocycles. The van der Waals surface area contributed by atoms with Gasteiger partial charge in [0.2, 0.25) is 0 Å². The second-order valence-corrected chi connectivity index (χ2v) is 10.0. The summed E-state index contributed by atoms with van der Waals surface area (Å²) in [6.45, 7) is 0.0991. The fourth-order valence-electron chi connectivity index (χ4n) is 3.01. The lowest BCUT2D eigenvalue weighted by Crippen LogP contribution is -3.00. The third-order valence-corrected chi connectivity index (χ3v) is 5.82. The SMILES string of the molecule is C[N+](C)(C)CC(O)CSCCC(CC(F)(C(F)(F)F)C(F)(F)F)CC(F)(C(F)(F)F)C(F)(F)F.[Cl-]. The van der Waals surface area contributed by atoms with Crippen LogP contribution in [0.2, 0.25) is 0 Å². The lowest BCUT2D eigenvalue weighted by atomic mass is 9.81. The second-order valence-electron chi connectivity index (χ2n) is 8.86. The van der Waals surface area contributed by atoms with Gasteiger partial charge in [-0.25, -0.2) is 8.78 Å². The molecule has 0 aromatic carbocycles. The number of rotatable bonds is 11. The molecule has 0 aliphatic rings. The number of thioether (sulfide) groups is 1. The van der Waals surface area contributed by atoms with E-state index in [0.717, 1.165) is 0 Å². The Bertz CT molecular complexity index is 573. The number of hydrogen-bond donors (Lipinski definition) is 1. The number of aliphatic hydroxyl groups is 1. The van der Waals surface area contributed by atoms with E-state index in [1.807, 2.05) is 0 Å². The molecule has 0 rings (SSSR count). The molecule has 1 unspecified atom stereocenters. The third-order valence-electron chi connectivity index (χ3n) is 4.68. The van der Waals surface area contributed by atoms with Gasteiger partial charge in [-0.3, -0.25) is 0 Å². The van der Waals surface area contributed by atoms with Gasteiger partial charge in [0.15, 0.2) is 0 Å². The molecule has 0 amide bonds. The van der Waals surface area contributed by atoms with Crippen molar-refractivity contribution in [3.05, 3.63) is 0 Å². The molecule has 1 atom stereocenters. The number of likely N-dealkylation sites (N-methyl/N-ethyl adjacent to an activating group) is 1. The van der Waals surface area contributed by atoms with Crippen molar-refractivity contribution < 1.29 is 83.5 Å². The van der Waals surface area contributed by atoms with Crippen LogP contribution < -0.4 is 12.4 Å². The summed E-state index contributed by atoms with van der Waals surface area (Å²) in [4.78, 5) is 0. The zero-order valence-electron chi connectivity index (χ0n) is 18.4. The van der Waals surface area contributed by atoms with Gasteiger partial charge in [0.25, 0.3) is 11.3 Å². The molecule has 2 nitrogen and oxygen atoms in total. The molecule has 214 valence electrons. The lowest BCUT2D eigenvalue weighted by molar-refractivity contribution is -0.873. The maximum atomic E-state index is 14.1. The molecular formula is C17H24ClF14NOS. The predicted octanol–water partition coefficient (Wildman–Crippen LogP) is 3.24. The minimum atomic E-state index is -6.74. The summed E-state index contributed by atoms with van der Waals surface area (Å²) in [6, 6.07) is 0. The highest BCUT2D eigenvalue weighted by molar-refractivity contribution is 7.99. The first-order valence-corrected chi connectivity index (χ1v) is 10.5. The molecule has 0 spiro atoms. The van der Waals surface area contributed by atoms with Crippen LogP contribution in [0.3, 0.4) is 0 Å². The highest BCUT2D eigenvalue weighted by Gasteiger charge is 2.75. The molecule has 0 fully saturated rings. The van der Waals surface area contributed by atoms with Crippen LogP contribution in [0.1, 0.15) is 19.3 Å². The van der Waals surface area contributed by atoms with Crippen LogP contribution in [0, 0.1) is 5.92 Å². The van der Waals surface area contributed by atoms with Crippen molar-refractivity contribution in [2.45, 2.75) is 61.4 Å². The zero-order chi connectivity index (χ0) is 27.6. The number of alkyl halides is 14. The average molecular weight is 592 g/mol. The number of nitrogens with zero attached hydrogens (tertiary/aromatic N) is 1. The Morgan fingerprint density at radius 1 is 0.657 bits per heavy atom. The van der Waals surface area contributed by atoms with E-state index in [9.17, 15) is 66.6 Å². The smallest absolute Gasteiger partial charge is 0.431 e. The van der Waals surface area contributed by atoms with E-state index in [-0.39, 0.29) is 29.2 Å². The Hall–Kier alpha value is -0.420. The second kappa shape index (κ2) is 12.0. The molecule has 0 aromatic heterocycles. The van der Waals surface area contributed by atoms with Crippen LogP contribution in [0.4, 0.5) is 61.5 Å². The number of hydrogen-bond acceptors (Lipinski definition) is 2. The number of quaternary nitrogens is 1. The van der Waals surface area contributed by atoms with Crippen molar-refractivity contribution in [1.29, 1.82) is 0 Å². The Kier molecular flexibility index (Phi) is 12.6. The first kappa shape index (κ1) is 36.7. The summed E-state index contributed by atoms with van der Waals surface area (Å²) in [6.07, 6.45) is -35.1. The minimum Gasteiger partial charge on any atom is -1.00 e. The van der Waals surface area contributed by atoms with E-state index in [4.69, 9.17) is 0 Å². The monoisotopic (exact) mass is 591 g/mol. The summed E-state index contributed by atoms with van der Waals surface area (Å²) in [7, 11) is 4.94. The lowest BCUT2D eigenvalue weighted by Gasteiger charge is -2.37. The summed E-state index contributed by atoms with van der Waals surface area (Å²) in [5.74, 6) is -3.87.